The molecule has 0 saturated carbocycles. The van der Waals surface area contributed by atoms with Gasteiger partial charge >= 0.3 is 22.4 Å². The summed E-state index contributed by atoms with van der Waals surface area (Å²) in [6.45, 7) is 0. The van der Waals surface area contributed by atoms with Gasteiger partial charge in [-0.1, -0.05) is 30.3 Å². The Morgan fingerprint density at radius 2 is 1.44 bits per heavy atom. The van der Waals surface area contributed by atoms with E-state index in [1.165, 1.54) is 0 Å². The summed E-state index contributed by atoms with van der Waals surface area (Å²) in [4.78, 5) is 0.905. The molecule has 2 heteroatoms. The number of benzene rings is 1. The van der Waals surface area contributed by atoms with Crippen molar-refractivity contribution >= 4 is 12.6 Å². The van der Waals surface area contributed by atoms with E-state index in [9.17, 15) is 0 Å². The summed E-state index contributed by atoms with van der Waals surface area (Å²) in [7, 11) is 0. The molecule has 9 heavy (non-hydrogen) atoms. The van der Waals surface area contributed by atoms with Gasteiger partial charge in [0.25, 0.3) is 0 Å². The first kappa shape index (κ1) is 11.9. The van der Waals surface area contributed by atoms with Crippen LogP contribution in [0.1, 0.15) is 0 Å². The minimum Gasteiger partial charge on any atom is -0.780 e. The molecule has 1 rings (SSSR count). The molecule has 0 unspecified atom stereocenters. The van der Waals surface area contributed by atoms with Gasteiger partial charge in [-0.25, -0.2) is 0 Å². The Labute approximate surface area is 77.6 Å². The Hall–Kier alpha value is 0.180. The predicted molar refractivity (Wildman–Crippen MR) is 38.5 cm³/mol. The van der Waals surface area contributed by atoms with Gasteiger partial charge in [0.1, 0.15) is 0 Å². The Bertz CT molecular complexity index is 139. The zero-order valence-electron chi connectivity index (χ0n) is 5.24. The summed E-state index contributed by atoms with van der Waals surface area (Å²) in [5, 5.41) is 0. The Balaban J connectivity index is 0. The van der Waals surface area contributed by atoms with Gasteiger partial charge in [0.05, 0.1) is 0 Å². The summed E-state index contributed by atoms with van der Waals surface area (Å²) in [5.74, 6) is 0. The van der Waals surface area contributed by atoms with Gasteiger partial charge in [0.15, 0.2) is 0 Å². The minimum absolute atomic E-state index is 0. The maximum Gasteiger partial charge on any atom is 2.00 e. The Morgan fingerprint density at radius 1 is 1.00 bits per heavy atom. The molecule has 1 radical (unpaired) electrons. The van der Waals surface area contributed by atoms with E-state index in [4.69, 9.17) is 12.6 Å². The summed E-state index contributed by atoms with van der Waals surface area (Å²) in [5.41, 5.74) is 0. The van der Waals surface area contributed by atoms with Gasteiger partial charge in [-0.2, -0.15) is 4.90 Å². The molecule has 0 aliphatic rings. The van der Waals surface area contributed by atoms with Crippen LogP contribution in [0.2, 0.25) is 0 Å². The molecule has 0 saturated heterocycles. The van der Waals surface area contributed by atoms with E-state index in [2.05, 4.69) is 0 Å². The van der Waals surface area contributed by atoms with E-state index in [0.29, 0.717) is 0 Å². The van der Waals surface area contributed by atoms with E-state index in [0.717, 1.165) is 4.90 Å². The molecule has 0 aliphatic heterocycles. The first-order valence-corrected chi connectivity index (χ1v) is 2.52. The first-order chi connectivity index (χ1) is 3.39. The molecular formula is C7H8NbS. The Morgan fingerprint density at radius 3 is 1.67 bits per heavy atom. The SMILES string of the molecule is [CH3-].[Nb+2].[S-]c1ccccc1. The van der Waals surface area contributed by atoms with Gasteiger partial charge in [-0.15, -0.1) is 0 Å². The van der Waals surface area contributed by atoms with Crippen molar-refractivity contribution in [1.82, 2.24) is 0 Å². The van der Waals surface area contributed by atoms with E-state index >= 15 is 0 Å². The second kappa shape index (κ2) is 6.30. The van der Waals surface area contributed by atoms with Gasteiger partial charge in [0, 0.05) is 0 Å². The van der Waals surface area contributed by atoms with Gasteiger partial charge in [-0.05, 0) is 0 Å². The zero-order chi connectivity index (χ0) is 5.11. The van der Waals surface area contributed by atoms with E-state index in [-0.39, 0.29) is 29.8 Å². The van der Waals surface area contributed by atoms with Crippen LogP contribution in [0.3, 0.4) is 0 Å². The van der Waals surface area contributed by atoms with Crippen LogP contribution in [0.25, 0.3) is 0 Å². The molecule has 0 heterocycles. The summed E-state index contributed by atoms with van der Waals surface area (Å²) in [6.07, 6.45) is 0. The van der Waals surface area contributed by atoms with Crippen LogP contribution in [0.5, 0.6) is 0 Å². The summed E-state index contributed by atoms with van der Waals surface area (Å²) in [6, 6.07) is 9.62. The molecule has 0 atom stereocenters. The number of rotatable bonds is 0. The standard InChI is InChI=1S/C6H6S.CH3.Nb/c7-6-4-2-1-3-5-6;;/h1-5,7H;1H3;/q;-1;+2/p-1. The smallest absolute Gasteiger partial charge is 0.780 e. The molecule has 0 N–H and O–H groups in total. The molecule has 47 valence electrons. The van der Waals surface area contributed by atoms with Crippen molar-refractivity contribution in [1.29, 1.82) is 0 Å². The second-order valence-electron chi connectivity index (χ2n) is 1.31. The predicted octanol–water partition coefficient (Wildman–Crippen LogP) is 2.04. The van der Waals surface area contributed by atoms with Crippen LogP contribution in [0.4, 0.5) is 0 Å². The molecule has 1 aromatic rings. The fraction of sp³-hybridized carbons (Fsp3) is 0. The molecule has 0 aromatic heterocycles. The van der Waals surface area contributed by atoms with Crippen LogP contribution in [0.15, 0.2) is 35.2 Å². The van der Waals surface area contributed by atoms with Crippen LogP contribution >= 0.6 is 0 Å². The van der Waals surface area contributed by atoms with Crippen molar-refractivity contribution in [2.24, 2.45) is 0 Å². The Kier molecular flexibility index (Phi) is 8.34. The van der Waals surface area contributed by atoms with E-state index in [1.54, 1.807) is 0 Å². The third-order valence-corrected chi connectivity index (χ3v) is 1.02. The van der Waals surface area contributed by atoms with E-state index < -0.39 is 0 Å². The maximum atomic E-state index is 4.81. The average molecular weight is 217 g/mol. The summed E-state index contributed by atoms with van der Waals surface area (Å²) >= 11 is 4.81. The van der Waals surface area contributed by atoms with Crippen molar-refractivity contribution in [3.63, 3.8) is 0 Å². The van der Waals surface area contributed by atoms with Crippen molar-refractivity contribution in [2.45, 2.75) is 4.90 Å². The number of hydrogen-bond donors (Lipinski definition) is 0. The third kappa shape index (κ3) is 4.67. The fourth-order valence-corrected chi connectivity index (χ4v) is 0.578. The van der Waals surface area contributed by atoms with Gasteiger partial charge in [0.2, 0.25) is 0 Å². The van der Waals surface area contributed by atoms with Crippen molar-refractivity contribution in [2.75, 3.05) is 0 Å². The summed E-state index contributed by atoms with van der Waals surface area (Å²) < 4.78 is 0. The molecule has 0 spiro atoms. The second-order valence-corrected chi connectivity index (χ2v) is 1.78. The minimum atomic E-state index is 0. The molecular weight excluding hydrogens is 209 g/mol. The van der Waals surface area contributed by atoms with Crippen LogP contribution in [-0.4, -0.2) is 0 Å². The van der Waals surface area contributed by atoms with Gasteiger partial charge < -0.3 is 20.1 Å². The normalized spacial score (nSPS) is 6.67. The zero-order valence-corrected chi connectivity index (χ0v) is 8.26. The first-order valence-electron chi connectivity index (χ1n) is 2.11. The maximum absolute atomic E-state index is 4.81. The topological polar surface area (TPSA) is 0 Å². The largest absolute Gasteiger partial charge is 2.00 e. The van der Waals surface area contributed by atoms with E-state index in [1.807, 2.05) is 30.3 Å². The molecule has 0 nitrogen and oxygen atoms in total. The van der Waals surface area contributed by atoms with Crippen molar-refractivity contribution < 1.29 is 22.4 Å². The quantitative estimate of drug-likeness (QED) is 0.364. The third-order valence-electron chi connectivity index (χ3n) is 0.743. The number of hydrogen-bond acceptors (Lipinski definition) is 1. The van der Waals surface area contributed by atoms with Crippen LogP contribution in [-0.2, 0) is 35.0 Å². The monoisotopic (exact) mass is 217 g/mol. The fourth-order valence-electron chi connectivity index (χ4n) is 0.420. The van der Waals surface area contributed by atoms with Crippen LogP contribution < -0.4 is 0 Å². The molecule has 0 aliphatic carbocycles. The molecule has 0 fully saturated rings. The molecule has 1 aromatic carbocycles. The van der Waals surface area contributed by atoms with Crippen LogP contribution in [0, 0.1) is 7.43 Å². The average Bonchev–Trinajstić information content (AvgIpc) is 1.69. The molecule has 0 bridgehead atoms. The van der Waals surface area contributed by atoms with Gasteiger partial charge in [-0.3, -0.25) is 0 Å². The molecule has 0 amide bonds. The van der Waals surface area contributed by atoms with Crippen molar-refractivity contribution in [3.8, 4) is 0 Å². The van der Waals surface area contributed by atoms with Crippen molar-refractivity contribution in [3.05, 3.63) is 37.8 Å².